The zero-order valence-electron chi connectivity index (χ0n) is 17.3. The molecule has 1 aliphatic rings. The Hall–Kier alpha value is -3.79. The van der Waals surface area contributed by atoms with Gasteiger partial charge in [-0.25, -0.2) is 9.59 Å². The molecule has 0 unspecified atom stereocenters. The summed E-state index contributed by atoms with van der Waals surface area (Å²) < 4.78 is 23.0. The van der Waals surface area contributed by atoms with E-state index in [9.17, 15) is 14.4 Å². The van der Waals surface area contributed by atoms with Gasteiger partial charge in [0.1, 0.15) is 22.0 Å². The van der Waals surface area contributed by atoms with Crippen LogP contribution in [0.25, 0.3) is 17.5 Å². The summed E-state index contributed by atoms with van der Waals surface area (Å²) in [5.74, 6) is -1.83. The average Bonchev–Trinajstić information content (AvgIpc) is 3.51. The first kappa shape index (κ1) is 21.4. The Morgan fingerprint density at radius 3 is 2.34 bits per heavy atom. The van der Waals surface area contributed by atoms with Crippen molar-refractivity contribution in [3.05, 3.63) is 73.4 Å². The second-order valence-corrected chi connectivity index (χ2v) is 7.70. The van der Waals surface area contributed by atoms with Crippen LogP contribution < -0.4 is 20.5 Å². The molecule has 0 radical (unpaired) electrons. The van der Waals surface area contributed by atoms with Gasteiger partial charge in [0.15, 0.2) is 0 Å². The maximum Gasteiger partial charge on any atom is 0.338 e. The van der Waals surface area contributed by atoms with E-state index in [4.69, 9.17) is 24.0 Å². The van der Waals surface area contributed by atoms with Crippen LogP contribution in [-0.4, -0.2) is 29.7 Å². The van der Waals surface area contributed by atoms with Crippen LogP contribution in [0.1, 0.15) is 31.3 Å². The Kier molecular flexibility index (Phi) is 5.87. The Morgan fingerprint density at radius 2 is 1.75 bits per heavy atom. The highest BCUT2D eigenvalue weighted by atomic mass is 32.1. The molecular formula is C22H20N2O7S. The van der Waals surface area contributed by atoms with Gasteiger partial charge in [0, 0.05) is 6.08 Å². The van der Waals surface area contributed by atoms with E-state index in [2.05, 4.69) is 0 Å². The Morgan fingerprint density at radius 1 is 1.09 bits per heavy atom. The maximum absolute atomic E-state index is 13.2. The molecule has 0 spiro atoms. The minimum absolute atomic E-state index is 0.0678. The first-order chi connectivity index (χ1) is 15.5. The predicted molar refractivity (Wildman–Crippen MR) is 116 cm³/mol. The molecule has 10 heteroatoms. The van der Waals surface area contributed by atoms with E-state index in [1.165, 1.54) is 12.5 Å². The number of carbonyl (C=O) groups is 2. The molecule has 0 bridgehead atoms. The van der Waals surface area contributed by atoms with Crippen LogP contribution in [-0.2, 0) is 19.1 Å². The van der Waals surface area contributed by atoms with Crippen molar-refractivity contribution in [1.82, 2.24) is 4.57 Å². The van der Waals surface area contributed by atoms with Gasteiger partial charge in [0.05, 0.1) is 47.3 Å². The minimum atomic E-state index is -1.00. The van der Waals surface area contributed by atoms with Gasteiger partial charge in [0.25, 0.3) is 5.56 Å². The molecule has 4 rings (SSSR count). The molecule has 4 heterocycles. The zero-order chi connectivity index (χ0) is 22.8. The van der Waals surface area contributed by atoms with E-state index in [0.29, 0.717) is 11.5 Å². The van der Waals surface area contributed by atoms with E-state index in [0.717, 1.165) is 15.9 Å². The Balaban J connectivity index is 2.11. The van der Waals surface area contributed by atoms with Crippen LogP contribution >= 0.6 is 11.3 Å². The van der Waals surface area contributed by atoms with Gasteiger partial charge < -0.3 is 24.0 Å². The molecule has 0 saturated heterocycles. The number of carbonyl (C=O) groups excluding carboxylic acids is 2. The second kappa shape index (κ2) is 8.75. The van der Waals surface area contributed by atoms with E-state index in [1.807, 2.05) is 0 Å². The van der Waals surface area contributed by atoms with Gasteiger partial charge in [-0.1, -0.05) is 0 Å². The van der Waals surface area contributed by atoms with Crippen molar-refractivity contribution in [2.75, 3.05) is 13.2 Å². The summed E-state index contributed by atoms with van der Waals surface area (Å²) in [4.78, 5) is 39.2. The number of nitrogens with zero attached hydrogens (tertiary/aromatic N) is 1. The molecule has 1 atom stereocenters. The van der Waals surface area contributed by atoms with Crippen LogP contribution in [0, 0.1) is 0 Å². The van der Waals surface area contributed by atoms with Gasteiger partial charge in [-0.05, 0) is 38.1 Å². The SMILES string of the molecule is CCOC(=O)C1=C(N)n2c(s/c(=C\c3ccco3)c2=O)=C(C(=O)OCC)[C@@H]1c1ccco1. The largest absolute Gasteiger partial charge is 0.468 e. The molecule has 166 valence electrons. The summed E-state index contributed by atoms with van der Waals surface area (Å²) in [7, 11) is 0. The number of rotatable bonds is 6. The van der Waals surface area contributed by atoms with Crippen molar-refractivity contribution in [2.45, 2.75) is 19.8 Å². The van der Waals surface area contributed by atoms with Crippen molar-refractivity contribution in [3.8, 4) is 0 Å². The number of esters is 2. The smallest absolute Gasteiger partial charge is 0.338 e. The molecule has 1 aliphatic heterocycles. The normalized spacial score (nSPS) is 16.2. The van der Waals surface area contributed by atoms with E-state index in [1.54, 1.807) is 44.2 Å². The van der Waals surface area contributed by atoms with Crippen molar-refractivity contribution in [2.24, 2.45) is 5.73 Å². The summed E-state index contributed by atoms with van der Waals surface area (Å²) in [5.41, 5.74) is 5.85. The number of hydrogen-bond acceptors (Lipinski definition) is 9. The lowest BCUT2D eigenvalue weighted by Gasteiger charge is -2.25. The quantitative estimate of drug-likeness (QED) is 0.547. The molecule has 0 fully saturated rings. The number of ether oxygens (including phenoxy) is 2. The molecule has 32 heavy (non-hydrogen) atoms. The third kappa shape index (κ3) is 3.58. The molecule has 0 saturated carbocycles. The summed E-state index contributed by atoms with van der Waals surface area (Å²) in [6.07, 6.45) is 4.44. The molecule has 2 N–H and O–H groups in total. The van der Waals surface area contributed by atoms with Crippen LogP contribution in [0.3, 0.4) is 0 Å². The number of hydrogen-bond donors (Lipinski definition) is 1. The third-order valence-electron chi connectivity index (χ3n) is 4.78. The monoisotopic (exact) mass is 456 g/mol. The fourth-order valence-corrected chi connectivity index (χ4v) is 4.65. The fourth-order valence-electron chi connectivity index (χ4n) is 3.51. The van der Waals surface area contributed by atoms with Crippen molar-refractivity contribution < 1.29 is 27.9 Å². The molecular weight excluding hydrogens is 436 g/mol. The van der Waals surface area contributed by atoms with E-state index in [-0.39, 0.29) is 39.4 Å². The number of fused-ring (bicyclic) bond motifs is 1. The lowest BCUT2D eigenvalue weighted by Crippen LogP contribution is -2.41. The highest BCUT2D eigenvalue weighted by Crippen LogP contribution is 2.37. The van der Waals surface area contributed by atoms with Crippen molar-refractivity contribution in [1.29, 1.82) is 0 Å². The second-order valence-electron chi connectivity index (χ2n) is 6.67. The van der Waals surface area contributed by atoms with E-state index >= 15 is 0 Å². The summed E-state index contributed by atoms with van der Waals surface area (Å²) >= 11 is 1.04. The lowest BCUT2D eigenvalue weighted by atomic mass is 9.87. The standard InChI is InChI=1S/C22H20N2O7S/c1-3-28-21(26)16-15(13-8-6-10-31-13)17(22(27)29-4-2)20-24(18(16)23)19(25)14(32-20)11-12-7-5-9-30-12/h5-11,15H,3-4,23H2,1-2H3/b14-11-/t15-/m1/s1. The highest BCUT2D eigenvalue weighted by molar-refractivity contribution is 7.07. The highest BCUT2D eigenvalue weighted by Gasteiger charge is 2.41. The average molecular weight is 456 g/mol. The van der Waals surface area contributed by atoms with Crippen molar-refractivity contribution >= 4 is 40.7 Å². The first-order valence-corrected chi connectivity index (χ1v) is 10.7. The van der Waals surface area contributed by atoms with Gasteiger partial charge in [0.2, 0.25) is 0 Å². The molecule has 0 amide bonds. The topological polar surface area (TPSA) is 127 Å². The van der Waals surface area contributed by atoms with E-state index < -0.39 is 23.4 Å². The molecule has 0 aromatic carbocycles. The van der Waals surface area contributed by atoms with Gasteiger partial charge in [-0.15, -0.1) is 11.3 Å². The summed E-state index contributed by atoms with van der Waals surface area (Å²) in [6.45, 7) is 3.49. The van der Waals surface area contributed by atoms with Crippen LogP contribution in [0.4, 0.5) is 0 Å². The van der Waals surface area contributed by atoms with Gasteiger partial charge in [-0.3, -0.25) is 9.36 Å². The number of furan rings is 2. The Bertz CT molecular complexity index is 1360. The fraction of sp³-hybridized carbons (Fsp3) is 0.227. The predicted octanol–water partition coefficient (Wildman–Crippen LogP) is 1.13. The van der Waals surface area contributed by atoms with Crippen LogP contribution in [0.5, 0.6) is 0 Å². The Labute approximate surface area is 185 Å². The summed E-state index contributed by atoms with van der Waals surface area (Å²) in [5, 5.41) is 0. The van der Waals surface area contributed by atoms with Crippen molar-refractivity contribution in [3.63, 3.8) is 0 Å². The number of thiazole rings is 1. The van der Waals surface area contributed by atoms with Gasteiger partial charge in [-0.2, -0.15) is 0 Å². The molecule has 0 aliphatic carbocycles. The molecule has 9 nitrogen and oxygen atoms in total. The first-order valence-electron chi connectivity index (χ1n) is 9.86. The minimum Gasteiger partial charge on any atom is -0.468 e. The third-order valence-corrected chi connectivity index (χ3v) is 5.89. The lowest BCUT2D eigenvalue weighted by molar-refractivity contribution is -0.138. The maximum atomic E-state index is 13.2. The summed E-state index contributed by atoms with van der Waals surface area (Å²) in [6, 6.07) is 6.62. The number of aromatic nitrogens is 1. The zero-order valence-corrected chi connectivity index (χ0v) is 18.1. The van der Waals surface area contributed by atoms with Gasteiger partial charge >= 0.3 is 11.9 Å². The van der Waals surface area contributed by atoms with Crippen LogP contribution in [0.2, 0.25) is 0 Å². The van der Waals surface area contributed by atoms with Crippen LogP contribution in [0.15, 0.2) is 56.0 Å². The number of nitrogens with two attached hydrogens (primary N) is 1. The molecule has 3 aromatic rings. The molecule has 3 aromatic heterocycles.